The Balaban J connectivity index is 1.54. The van der Waals surface area contributed by atoms with Gasteiger partial charge in [-0.15, -0.1) is 0 Å². The van der Waals surface area contributed by atoms with Crippen LogP contribution in [0.1, 0.15) is 41.8 Å². The Morgan fingerprint density at radius 1 is 1.03 bits per heavy atom. The Labute approximate surface area is 186 Å². The Morgan fingerprint density at radius 3 is 2.52 bits per heavy atom. The first-order valence-corrected chi connectivity index (χ1v) is 11.3. The number of ether oxygens (including phenoxy) is 2. The van der Waals surface area contributed by atoms with Crippen molar-refractivity contribution in [3.05, 3.63) is 71.3 Å². The summed E-state index contributed by atoms with van der Waals surface area (Å²) in [6.07, 6.45) is 5.31. The molecule has 2 aromatic carbocycles. The van der Waals surface area contributed by atoms with Crippen LogP contribution in [0.5, 0.6) is 5.75 Å². The number of carbonyl (C=O) groups excluding carboxylic acids is 1. The lowest BCUT2D eigenvalue weighted by molar-refractivity contribution is 0.0649. The first-order chi connectivity index (χ1) is 15.2. The van der Waals surface area contributed by atoms with Crippen molar-refractivity contribution in [3.63, 3.8) is 0 Å². The molecule has 1 fully saturated rings. The maximum absolute atomic E-state index is 13.1. The van der Waals surface area contributed by atoms with Crippen LogP contribution in [-0.4, -0.2) is 61.6 Å². The lowest BCUT2D eigenvalue weighted by Crippen LogP contribution is -2.48. The van der Waals surface area contributed by atoms with Crippen LogP contribution in [0.3, 0.4) is 0 Å². The van der Waals surface area contributed by atoms with Crippen molar-refractivity contribution in [2.24, 2.45) is 0 Å². The molecule has 3 rings (SSSR count). The van der Waals surface area contributed by atoms with Gasteiger partial charge < -0.3 is 14.4 Å². The predicted molar refractivity (Wildman–Crippen MR) is 125 cm³/mol. The van der Waals surface area contributed by atoms with Crippen molar-refractivity contribution in [2.45, 2.75) is 26.9 Å². The third-order valence-electron chi connectivity index (χ3n) is 5.35. The van der Waals surface area contributed by atoms with Crippen LogP contribution < -0.4 is 4.74 Å². The molecule has 0 atom stereocenters. The van der Waals surface area contributed by atoms with Crippen LogP contribution in [0, 0.1) is 0 Å². The van der Waals surface area contributed by atoms with E-state index < -0.39 is 0 Å². The van der Waals surface area contributed by atoms with Crippen molar-refractivity contribution in [3.8, 4) is 5.75 Å². The predicted octanol–water partition coefficient (Wildman–Crippen LogP) is 4.48. The van der Waals surface area contributed by atoms with Gasteiger partial charge in [-0.05, 0) is 37.1 Å². The molecule has 1 aliphatic rings. The average Bonchev–Trinajstić information content (AvgIpc) is 2.81. The van der Waals surface area contributed by atoms with Crippen LogP contribution in [-0.2, 0) is 11.3 Å². The molecule has 1 amide bonds. The fraction of sp³-hybridized carbons (Fsp3) is 0.423. The second-order valence-corrected chi connectivity index (χ2v) is 7.71. The van der Waals surface area contributed by atoms with Crippen LogP contribution in [0.25, 0.3) is 6.08 Å². The standard InChI is InChI=1S/C26H34N2O3/c1-3-19-30-21-24-20-23(12-13-25(24)31-4-2)26(29)28-17-15-27(16-18-28)14-8-11-22-9-6-5-7-10-22/h5-13,20H,3-4,14-19,21H2,1-2H3/b11-8+. The van der Waals surface area contributed by atoms with Crippen molar-refractivity contribution in [1.82, 2.24) is 9.80 Å². The molecule has 5 heteroatoms. The van der Waals surface area contributed by atoms with E-state index in [0.717, 1.165) is 50.5 Å². The van der Waals surface area contributed by atoms with E-state index in [1.54, 1.807) is 0 Å². The zero-order valence-corrected chi connectivity index (χ0v) is 18.8. The Hall–Kier alpha value is -2.63. The smallest absolute Gasteiger partial charge is 0.253 e. The largest absolute Gasteiger partial charge is 0.494 e. The summed E-state index contributed by atoms with van der Waals surface area (Å²) >= 11 is 0. The molecule has 1 aliphatic heterocycles. The van der Waals surface area contributed by atoms with Crippen molar-refractivity contribution in [2.75, 3.05) is 45.9 Å². The minimum absolute atomic E-state index is 0.0827. The van der Waals surface area contributed by atoms with E-state index in [-0.39, 0.29) is 5.91 Å². The topological polar surface area (TPSA) is 42.0 Å². The van der Waals surface area contributed by atoms with Gasteiger partial charge in [0.1, 0.15) is 5.75 Å². The van der Waals surface area contributed by atoms with Gasteiger partial charge in [-0.2, -0.15) is 0 Å². The van der Waals surface area contributed by atoms with E-state index in [2.05, 4.69) is 36.1 Å². The maximum Gasteiger partial charge on any atom is 0.253 e. The molecule has 2 aromatic rings. The summed E-state index contributed by atoms with van der Waals surface area (Å²) in [5.41, 5.74) is 2.85. The summed E-state index contributed by atoms with van der Waals surface area (Å²) < 4.78 is 11.4. The monoisotopic (exact) mass is 422 g/mol. The van der Waals surface area contributed by atoms with E-state index in [1.807, 2.05) is 48.2 Å². The van der Waals surface area contributed by atoms with Crippen molar-refractivity contribution >= 4 is 12.0 Å². The Morgan fingerprint density at radius 2 is 1.81 bits per heavy atom. The number of rotatable bonds is 10. The van der Waals surface area contributed by atoms with Gasteiger partial charge in [0.25, 0.3) is 5.91 Å². The fourth-order valence-corrected chi connectivity index (χ4v) is 3.67. The maximum atomic E-state index is 13.1. The SMILES string of the molecule is CCCOCc1cc(C(=O)N2CCN(C/C=C/c3ccccc3)CC2)ccc1OCC. The highest BCUT2D eigenvalue weighted by Gasteiger charge is 2.22. The summed E-state index contributed by atoms with van der Waals surface area (Å²) in [6.45, 7) is 9.96. The highest BCUT2D eigenvalue weighted by Crippen LogP contribution is 2.23. The number of hydrogen-bond acceptors (Lipinski definition) is 4. The van der Waals surface area contributed by atoms with Gasteiger partial charge in [0.15, 0.2) is 0 Å². The minimum Gasteiger partial charge on any atom is -0.494 e. The molecule has 0 unspecified atom stereocenters. The molecule has 31 heavy (non-hydrogen) atoms. The van der Waals surface area contributed by atoms with Crippen LogP contribution in [0.15, 0.2) is 54.6 Å². The molecule has 0 aliphatic carbocycles. The minimum atomic E-state index is 0.0827. The first kappa shape index (κ1) is 23.0. The molecule has 0 N–H and O–H groups in total. The second kappa shape index (κ2) is 12.3. The van der Waals surface area contributed by atoms with Gasteiger partial charge in [-0.1, -0.05) is 49.4 Å². The summed E-state index contributed by atoms with van der Waals surface area (Å²) in [4.78, 5) is 17.4. The highest BCUT2D eigenvalue weighted by molar-refractivity contribution is 5.94. The first-order valence-electron chi connectivity index (χ1n) is 11.3. The summed E-state index contributed by atoms with van der Waals surface area (Å²) in [7, 11) is 0. The van der Waals surface area contributed by atoms with Crippen LogP contribution in [0.4, 0.5) is 0 Å². The average molecular weight is 423 g/mol. The highest BCUT2D eigenvalue weighted by atomic mass is 16.5. The number of carbonyl (C=O) groups is 1. The van der Waals surface area contributed by atoms with Gasteiger partial charge in [-0.3, -0.25) is 9.69 Å². The normalized spacial score (nSPS) is 14.8. The molecule has 0 bridgehead atoms. The van der Waals surface area contributed by atoms with Crippen molar-refractivity contribution < 1.29 is 14.3 Å². The molecular weight excluding hydrogens is 388 g/mol. The van der Waals surface area contributed by atoms with Gasteiger partial charge >= 0.3 is 0 Å². The molecule has 166 valence electrons. The van der Waals surface area contributed by atoms with Gasteiger partial charge in [-0.25, -0.2) is 0 Å². The number of nitrogens with zero attached hydrogens (tertiary/aromatic N) is 2. The Kier molecular flexibility index (Phi) is 9.13. The number of hydrogen-bond donors (Lipinski definition) is 0. The van der Waals surface area contributed by atoms with Crippen LogP contribution >= 0.6 is 0 Å². The lowest BCUT2D eigenvalue weighted by Gasteiger charge is -2.34. The fourth-order valence-electron chi connectivity index (χ4n) is 3.67. The van der Waals surface area contributed by atoms with Crippen LogP contribution in [0.2, 0.25) is 0 Å². The molecule has 5 nitrogen and oxygen atoms in total. The quantitative estimate of drug-likeness (QED) is 0.530. The van der Waals surface area contributed by atoms with E-state index >= 15 is 0 Å². The number of benzene rings is 2. The van der Waals surface area contributed by atoms with Gasteiger partial charge in [0.2, 0.25) is 0 Å². The molecule has 0 aromatic heterocycles. The number of amides is 1. The lowest BCUT2D eigenvalue weighted by atomic mass is 10.1. The van der Waals surface area contributed by atoms with Gasteiger partial charge in [0, 0.05) is 50.5 Å². The second-order valence-electron chi connectivity index (χ2n) is 7.71. The zero-order valence-electron chi connectivity index (χ0n) is 18.8. The zero-order chi connectivity index (χ0) is 21.9. The number of piperazine rings is 1. The third kappa shape index (κ3) is 6.94. The third-order valence-corrected chi connectivity index (χ3v) is 5.35. The van der Waals surface area contributed by atoms with E-state index in [1.165, 1.54) is 5.56 Å². The van der Waals surface area contributed by atoms with Crippen molar-refractivity contribution in [1.29, 1.82) is 0 Å². The molecule has 1 saturated heterocycles. The summed E-state index contributed by atoms with van der Waals surface area (Å²) in [5.74, 6) is 0.879. The Bertz CT molecular complexity index is 843. The molecule has 0 radical (unpaired) electrons. The summed E-state index contributed by atoms with van der Waals surface area (Å²) in [5, 5.41) is 0. The van der Waals surface area contributed by atoms with Gasteiger partial charge in [0.05, 0.1) is 13.2 Å². The molecule has 1 heterocycles. The molecule has 0 spiro atoms. The van der Waals surface area contributed by atoms with E-state index in [0.29, 0.717) is 25.4 Å². The van der Waals surface area contributed by atoms with E-state index in [4.69, 9.17) is 9.47 Å². The van der Waals surface area contributed by atoms with E-state index in [9.17, 15) is 4.79 Å². The molecular formula is C26H34N2O3. The molecule has 0 saturated carbocycles. The summed E-state index contributed by atoms with van der Waals surface area (Å²) in [6, 6.07) is 16.0.